The number of hydrogen-bond acceptors (Lipinski definition) is 7. The zero-order valence-electron chi connectivity index (χ0n) is 19.9. The molecule has 6 rings (SSSR count). The number of halogens is 1. The largest absolute Gasteiger partial charge is 0.454 e. The van der Waals surface area contributed by atoms with Gasteiger partial charge in [-0.05, 0) is 66.2 Å². The van der Waals surface area contributed by atoms with Gasteiger partial charge in [0.15, 0.2) is 11.5 Å². The molecule has 0 saturated heterocycles. The van der Waals surface area contributed by atoms with Crippen LogP contribution in [0.1, 0.15) is 22.6 Å². The monoisotopic (exact) mass is 579 g/mol. The summed E-state index contributed by atoms with van der Waals surface area (Å²) in [6, 6.07) is 14.4. The second kappa shape index (κ2) is 8.72. The summed E-state index contributed by atoms with van der Waals surface area (Å²) in [5, 5.41) is 8.80. The van der Waals surface area contributed by atoms with E-state index in [9.17, 15) is 8.42 Å². The van der Waals surface area contributed by atoms with Gasteiger partial charge in [0.25, 0.3) is 0 Å². The highest BCUT2D eigenvalue weighted by atomic mass is 79.9. The van der Waals surface area contributed by atoms with Crippen LogP contribution < -0.4 is 19.9 Å². The number of benzene rings is 2. The fraction of sp³-hybridized carbons (Fsp3) is 0.154. The fourth-order valence-electron chi connectivity index (χ4n) is 4.75. The van der Waals surface area contributed by atoms with Crippen LogP contribution in [0.3, 0.4) is 0 Å². The molecule has 2 aromatic heterocycles. The van der Waals surface area contributed by atoms with Crippen LogP contribution in [0.5, 0.6) is 11.5 Å². The smallest absolute Gasteiger partial charge is 0.238 e. The van der Waals surface area contributed by atoms with Gasteiger partial charge in [-0.1, -0.05) is 6.07 Å². The first kappa shape index (κ1) is 23.7. The van der Waals surface area contributed by atoms with Crippen molar-refractivity contribution in [3.8, 4) is 17.2 Å². The van der Waals surface area contributed by atoms with Crippen LogP contribution in [-0.4, -0.2) is 30.5 Å². The molecule has 0 radical (unpaired) electrons. The second-order valence-electron chi connectivity index (χ2n) is 8.87. The van der Waals surface area contributed by atoms with Crippen molar-refractivity contribution in [3.63, 3.8) is 0 Å². The van der Waals surface area contributed by atoms with Crippen molar-refractivity contribution >= 4 is 48.7 Å². The minimum absolute atomic E-state index is 0.0675. The standard InChI is InChI=1S/C26H22BrN5O4S/c1-14-8-19(15(2)32(14)17-4-3-5-18(10-17)37(28,33)34)21-11-22-26(31-21)25(20(27)12-29-22)30-16-6-7-23-24(9-16)36-13-35-23/h3-10,12H,11,13H2,1-2H3,(H,29,30)(H2,28,33,34). The molecule has 9 nitrogen and oxygen atoms in total. The van der Waals surface area contributed by atoms with E-state index in [0.717, 1.165) is 61.3 Å². The van der Waals surface area contributed by atoms with E-state index in [4.69, 9.17) is 19.6 Å². The average Bonchev–Trinajstić information content (AvgIpc) is 3.57. The van der Waals surface area contributed by atoms with E-state index in [0.29, 0.717) is 12.2 Å². The van der Waals surface area contributed by atoms with Gasteiger partial charge in [0.05, 0.1) is 26.5 Å². The summed E-state index contributed by atoms with van der Waals surface area (Å²) < 4.78 is 37.5. The summed E-state index contributed by atoms with van der Waals surface area (Å²) in [6.07, 6.45) is 2.34. The molecule has 0 atom stereocenters. The summed E-state index contributed by atoms with van der Waals surface area (Å²) in [4.78, 5) is 9.68. The maximum Gasteiger partial charge on any atom is 0.238 e. The molecule has 0 bridgehead atoms. The SMILES string of the molecule is Cc1cc(C2=Nc3c(ncc(Br)c3Nc3ccc4c(c3)OCO4)C2)c(C)n1-c1cccc(S(N)(=O)=O)c1. The highest BCUT2D eigenvalue weighted by Crippen LogP contribution is 2.43. The molecule has 0 aliphatic carbocycles. The number of hydrogen-bond donors (Lipinski definition) is 2. The van der Waals surface area contributed by atoms with Crippen LogP contribution in [0.2, 0.25) is 0 Å². The molecule has 0 unspecified atom stereocenters. The van der Waals surface area contributed by atoms with Crippen molar-refractivity contribution < 1.29 is 17.9 Å². The molecule has 2 aliphatic heterocycles. The summed E-state index contributed by atoms with van der Waals surface area (Å²) in [6.45, 7) is 4.18. The Morgan fingerprint density at radius 2 is 1.89 bits per heavy atom. The number of aryl methyl sites for hydroxylation is 1. The molecule has 0 spiro atoms. The summed E-state index contributed by atoms with van der Waals surface area (Å²) in [5.74, 6) is 1.41. The number of aromatic nitrogens is 2. The molecule has 0 fully saturated rings. The molecule has 2 aromatic carbocycles. The lowest BCUT2D eigenvalue weighted by Gasteiger charge is -2.12. The Balaban J connectivity index is 1.38. The Hall–Kier alpha value is -3.67. The zero-order chi connectivity index (χ0) is 25.9. The summed E-state index contributed by atoms with van der Waals surface area (Å²) in [5.41, 5.74) is 7.76. The van der Waals surface area contributed by atoms with Gasteiger partial charge in [0.1, 0.15) is 5.69 Å². The van der Waals surface area contributed by atoms with Gasteiger partial charge in [0, 0.05) is 47.0 Å². The molecule has 37 heavy (non-hydrogen) atoms. The van der Waals surface area contributed by atoms with Crippen molar-refractivity contribution in [1.82, 2.24) is 9.55 Å². The number of primary sulfonamides is 1. The molecule has 4 heterocycles. The first-order valence-electron chi connectivity index (χ1n) is 11.4. The van der Waals surface area contributed by atoms with Crippen LogP contribution in [-0.2, 0) is 16.4 Å². The molecule has 188 valence electrons. The highest BCUT2D eigenvalue weighted by Gasteiger charge is 2.26. The topological polar surface area (TPSA) is 121 Å². The van der Waals surface area contributed by atoms with Crippen molar-refractivity contribution in [1.29, 1.82) is 0 Å². The predicted octanol–water partition coefficient (Wildman–Crippen LogP) is 5.05. The van der Waals surface area contributed by atoms with Gasteiger partial charge in [-0.2, -0.15) is 0 Å². The number of aliphatic imine (C=N–C) groups is 1. The molecule has 2 aliphatic rings. The lowest BCUT2D eigenvalue weighted by Crippen LogP contribution is -2.13. The average molecular weight is 580 g/mol. The number of pyridine rings is 1. The zero-order valence-corrected chi connectivity index (χ0v) is 22.4. The summed E-state index contributed by atoms with van der Waals surface area (Å²) in [7, 11) is -3.81. The third-order valence-electron chi connectivity index (χ3n) is 6.45. The van der Waals surface area contributed by atoms with Crippen molar-refractivity contribution in [2.75, 3.05) is 12.1 Å². The second-order valence-corrected chi connectivity index (χ2v) is 11.3. The van der Waals surface area contributed by atoms with Gasteiger partial charge in [-0.3, -0.25) is 4.98 Å². The third kappa shape index (κ3) is 4.18. The molecular weight excluding hydrogens is 558 g/mol. The minimum atomic E-state index is -3.81. The van der Waals surface area contributed by atoms with Crippen molar-refractivity contribution in [3.05, 3.63) is 81.8 Å². The van der Waals surface area contributed by atoms with Gasteiger partial charge in [-0.15, -0.1) is 0 Å². The number of fused-ring (bicyclic) bond motifs is 2. The fourth-order valence-corrected chi connectivity index (χ4v) is 5.69. The predicted molar refractivity (Wildman–Crippen MR) is 144 cm³/mol. The third-order valence-corrected chi connectivity index (χ3v) is 7.96. The quantitative estimate of drug-likeness (QED) is 0.341. The Morgan fingerprint density at radius 1 is 1.08 bits per heavy atom. The van der Waals surface area contributed by atoms with Crippen LogP contribution in [0.4, 0.5) is 17.1 Å². The van der Waals surface area contributed by atoms with Crippen molar-refractivity contribution in [2.45, 2.75) is 25.2 Å². The Morgan fingerprint density at radius 3 is 2.70 bits per heavy atom. The number of nitrogens with one attached hydrogen (secondary N) is 1. The Kier molecular flexibility index (Phi) is 5.59. The van der Waals surface area contributed by atoms with Crippen LogP contribution >= 0.6 is 15.9 Å². The molecule has 0 amide bonds. The number of sulfonamides is 1. The van der Waals surface area contributed by atoms with E-state index < -0.39 is 10.0 Å². The van der Waals surface area contributed by atoms with E-state index in [1.54, 1.807) is 18.3 Å². The molecule has 4 aromatic rings. The van der Waals surface area contributed by atoms with Gasteiger partial charge >= 0.3 is 0 Å². The Bertz CT molecular complexity index is 1730. The first-order valence-corrected chi connectivity index (χ1v) is 13.8. The molecule has 3 N–H and O–H groups in total. The van der Waals surface area contributed by atoms with Gasteiger partial charge < -0.3 is 19.4 Å². The van der Waals surface area contributed by atoms with Crippen LogP contribution in [0, 0.1) is 13.8 Å². The van der Waals surface area contributed by atoms with E-state index >= 15 is 0 Å². The normalized spacial score (nSPS) is 14.0. The Labute approximate surface area is 222 Å². The maximum absolute atomic E-state index is 11.9. The van der Waals surface area contributed by atoms with E-state index in [-0.39, 0.29) is 11.7 Å². The van der Waals surface area contributed by atoms with E-state index in [2.05, 4.69) is 32.3 Å². The number of nitrogens with two attached hydrogens (primary N) is 1. The minimum Gasteiger partial charge on any atom is -0.454 e. The van der Waals surface area contributed by atoms with Gasteiger partial charge in [0.2, 0.25) is 16.8 Å². The van der Waals surface area contributed by atoms with E-state index in [1.165, 1.54) is 6.07 Å². The molecular formula is C26H22BrN5O4S. The lowest BCUT2D eigenvalue weighted by molar-refractivity contribution is 0.174. The number of nitrogens with zero attached hydrogens (tertiary/aromatic N) is 3. The van der Waals surface area contributed by atoms with Crippen molar-refractivity contribution in [2.24, 2.45) is 10.1 Å². The summed E-state index contributed by atoms with van der Waals surface area (Å²) >= 11 is 3.62. The first-order chi connectivity index (χ1) is 17.7. The maximum atomic E-state index is 11.9. The molecule has 0 saturated carbocycles. The highest BCUT2D eigenvalue weighted by molar-refractivity contribution is 9.10. The lowest BCUT2D eigenvalue weighted by atomic mass is 10.1. The van der Waals surface area contributed by atoms with Crippen LogP contribution in [0.15, 0.2) is 69.1 Å². The molecule has 11 heteroatoms. The van der Waals surface area contributed by atoms with Crippen LogP contribution in [0.25, 0.3) is 5.69 Å². The van der Waals surface area contributed by atoms with E-state index in [1.807, 2.05) is 42.7 Å². The number of ether oxygens (including phenoxy) is 2. The van der Waals surface area contributed by atoms with Gasteiger partial charge in [-0.25, -0.2) is 18.5 Å². The number of rotatable bonds is 5. The number of anilines is 2.